The smallest absolute Gasteiger partial charge is 0.288 e. The number of ether oxygens (including phenoxy) is 2. The normalized spacial score (nSPS) is 12.6. The van der Waals surface area contributed by atoms with Gasteiger partial charge in [-0.05, 0) is 82.7 Å². The molecule has 208 valence electrons. The molecule has 2 rings (SSSR count). The predicted octanol–water partition coefficient (Wildman–Crippen LogP) is 2.77. The Morgan fingerprint density at radius 1 is 1.15 bits per heavy atom. The van der Waals surface area contributed by atoms with Crippen LogP contribution in [0.4, 0.5) is 5.69 Å². The van der Waals surface area contributed by atoms with Gasteiger partial charge in [0.1, 0.15) is 23.7 Å². The Kier molecular flexibility index (Phi) is 11.7. The van der Waals surface area contributed by atoms with Gasteiger partial charge >= 0.3 is 0 Å². The molecule has 2 amide bonds. The molecular formula is C28H37N7O4. The molecule has 0 fully saturated rings. The van der Waals surface area contributed by atoms with Crippen molar-refractivity contribution in [1.29, 1.82) is 5.41 Å². The maximum atomic E-state index is 13.3. The first kappa shape index (κ1) is 30.6. The summed E-state index contributed by atoms with van der Waals surface area (Å²) in [4.78, 5) is 31.4. The van der Waals surface area contributed by atoms with E-state index in [1.807, 2.05) is 32.8 Å². The van der Waals surface area contributed by atoms with E-state index in [0.29, 0.717) is 41.5 Å². The number of likely N-dealkylation sites (N-methyl/N-ethyl adjacent to an activating group) is 1. The average molecular weight is 536 g/mol. The third kappa shape index (κ3) is 9.31. The predicted molar refractivity (Wildman–Crippen MR) is 154 cm³/mol. The summed E-state index contributed by atoms with van der Waals surface area (Å²) in [6.45, 7) is 11.8. The van der Waals surface area contributed by atoms with Crippen LogP contribution in [0.25, 0.3) is 0 Å². The molecule has 0 heterocycles. The number of nitrogens with two attached hydrogens (primary N) is 1. The van der Waals surface area contributed by atoms with Crippen molar-refractivity contribution >= 4 is 30.1 Å². The molecule has 2 aromatic carbocycles. The number of nitrogen functional groups attached to an aromatic ring is 1. The van der Waals surface area contributed by atoms with E-state index in [1.54, 1.807) is 42.5 Å². The van der Waals surface area contributed by atoms with Crippen molar-refractivity contribution in [1.82, 2.24) is 15.8 Å². The highest BCUT2D eigenvalue weighted by Gasteiger charge is 2.24. The van der Waals surface area contributed by atoms with Crippen LogP contribution in [-0.4, -0.2) is 62.6 Å². The zero-order valence-electron chi connectivity index (χ0n) is 22.8. The number of hydrogen-bond donors (Lipinski definition) is 5. The van der Waals surface area contributed by atoms with Crippen molar-refractivity contribution in [3.63, 3.8) is 0 Å². The molecule has 0 aliphatic heterocycles. The van der Waals surface area contributed by atoms with Crippen LogP contribution in [0.3, 0.4) is 0 Å². The fourth-order valence-corrected chi connectivity index (χ4v) is 3.62. The summed E-state index contributed by atoms with van der Waals surface area (Å²) in [6, 6.07) is 11.0. The lowest BCUT2D eigenvalue weighted by molar-refractivity contribution is -0.127. The number of carbonyl (C=O) groups excluding carboxylic acids is 2. The van der Waals surface area contributed by atoms with Gasteiger partial charge in [0.15, 0.2) is 11.5 Å². The van der Waals surface area contributed by atoms with Gasteiger partial charge in [-0.3, -0.25) is 30.8 Å². The average Bonchev–Trinajstić information content (AvgIpc) is 2.89. The van der Waals surface area contributed by atoms with Gasteiger partial charge in [-0.15, -0.1) is 0 Å². The SMILES string of the molecule is C=C/C=C(\N=C)C(=O)NNC(=O)C(Nc1ccc(C(=N)N)cc1)c1ccc(OC(C)CN(C)C)c(OCC)c1. The van der Waals surface area contributed by atoms with Crippen LogP contribution in [0.5, 0.6) is 11.5 Å². The minimum absolute atomic E-state index is 0.0124. The third-order valence-electron chi connectivity index (χ3n) is 5.30. The van der Waals surface area contributed by atoms with Gasteiger partial charge in [-0.1, -0.05) is 18.7 Å². The van der Waals surface area contributed by atoms with Crippen LogP contribution in [0.15, 0.2) is 71.9 Å². The van der Waals surface area contributed by atoms with E-state index in [2.05, 4.69) is 34.5 Å². The van der Waals surface area contributed by atoms with E-state index in [-0.39, 0.29) is 17.6 Å². The quantitative estimate of drug-likeness (QED) is 0.0819. The van der Waals surface area contributed by atoms with E-state index in [4.69, 9.17) is 20.6 Å². The highest BCUT2D eigenvalue weighted by Crippen LogP contribution is 2.33. The van der Waals surface area contributed by atoms with E-state index in [9.17, 15) is 9.59 Å². The first-order valence-corrected chi connectivity index (χ1v) is 12.3. The number of hydrogen-bond acceptors (Lipinski definition) is 8. The number of amides is 2. The molecule has 2 aromatic rings. The Labute approximate surface area is 229 Å². The molecular weight excluding hydrogens is 498 g/mol. The van der Waals surface area contributed by atoms with E-state index in [1.165, 1.54) is 12.2 Å². The minimum Gasteiger partial charge on any atom is -0.490 e. The van der Waals surface area contributed by atoms with Crippen LogP contribution in [-0.2, 0) is 9.59 Å². The number of amidine groups is 1. The number of aliphatic imine (C=N–C) groups is 1. The second-order valence-corrected chi connectivity index (χ2v) is 8.79. The Morgan fingerprint density at radius 3 is 2.41 bits per heavy atom. The van der Waals surface area contributed by atoms with Crippen molar-refractivity contribution in [2.75, 3.05) is 32.6 Å². The van der Waals surface area contributed by atoms with Gasteiger partial charge in [-0.2, -0.15) is 0 Å². The lowest BCUT2D eigenvalue weighted by Gasteiger charge is -2.23. The molecule has 0 saturated heterocycles. The summed E-state index contributed by atoms with van der Waals surface area (Å²) < 4.78 is 11.9. The number of allylic oxidation sites excluding steroid dienone is 2. The van der Waals surface area contributed by atoms with Gasteiger partial charge < -0.3 is 25.4 Å². The van der Waals surface area contributed by atoms with Crippen molar-refractivity contribution < 1.29 is 19.1 Å². The first-order valence-electron chi connectivity index (χ1n) is 12.3. The summed E-state index contributed by atoms with van der Waals surface area (Å²) in [5.74, 6) is -0.263. The molecule has 11 heteroatoms. The Bertz CT molecular complexity index is 1210. The zero-order chi connectivity index (χ0) is 28.9. The summed E-state index contributed by atoms with van der Waals surface area (Å²) in [5, 5.41) is 10.8. The molecule has 2 atom stereocenters. The standard InChI is InChI=1S/C28H37N7O4/c1-7-9-22(31-4)27(36)33-34-28(37)25(32-21-13-10-19(11-14-21)26(29)30)20-12-15-23(24(16-20)38-8-2)39-18(3)17-35(5)6/h7,9-16,18,25,32H,1,4,8,17H2,2-3,5-6H3,(H3,29,30)(H,33,36)(H,34,37)/b22-9-. The molecule has 0 spiro atoms. The van der Waals surface area contributed by atoms with Crippen LogP contribution in [0.2, 0.25) is 0 Å². The Hall–Kier alpha value is -4.64. The molecule has 6 N–H and O–H groups in total. The van der Waals surface area contributed by atoms with Gasteiger partial charge in [0.2, 0.25) is 0 Å². The van der Waals surface area contributed by atoms with Crippen LogP contribution in [0, 0.1) is 5.41 Å². The summed E-state index contributed by atoms with van der Waals surface area (Å²) in [7, 11) is 3.93. The Morgan fingerprint density at radius 2 is 1.85 bits per heavy atom. The number of benzene rings is 2. The Balaban J connectivity index is 2.40. The largest absolute Gasteiger partial charge is 0.490 e. The van der Waals surface area contributed by atoms with Crippen molar-refractivity contribution in [2.24, 2.45) is 10.7 Å². The van der Waals surface area contributed by atoms with Crippen molar-refractivity contribution in [3.05, 3.63) is 78.0 Å². The van der Waals surface area contributed by atoms with Crippen LogP contribution < -0.4 is 31.4 Å². The number of hydrazine groups is 1. The van der Waals surface area contributed by atoms with Crippen molar-refractivity contribution in [3.8, 4) is 11.5 Å². The lowest BCUT2D eigenvalue weighted by atomic mass is 10.0. The molecule has 0 saturated carbocycles. The van der Waals surface area contributed by atoms with E-state index < -0.39 is 17.9 Å². The molecule has 2 unspecified atom stereocenters. The van der Waals surface area contributed by atoms with E-state index >= 15 is 0 Å². The van der Waals surface area contributed by atoms with Crippen LogP contribution >= 0.6 is 0 Å². The maximum absolute atomic E-state index is 13.3. The highest BCUT2D eigenvalue weighted by molar-refractivity contribution is 5.97. The summed E-state index contributed by atoms with van der Waals surface area (Å²) in [6.07, 6.45) is 2.65. The lowest BCUT2D eigenvalue weighted by Crippen LogP contribution is -2.45. The second-order valence-electron chi connectivity index (χ2n) is 8.79. The summed E-state index contributed by atoms with van der Waals surface area (Å²) in [5.41, 5.74) is 12.0. The first-order chi connectivity index (χ1) is 18.6. The second kappa shape index (κ2) is 14.9. The van der Waals surface area contributed by atoms with Gasteiger partial charge in [0.05, 0.1) is 6.61 Å². The monoisotopic (exact) mass is 535 g/mol. The molecule has 11 nitrogen and oxygen atoms in total. The minimum atomic E-state index is -0.954. The fourth-order valence-electron chi connectivity index (χ4n) is 3.62. The number of nitrogens with zero attached hydrogens (tertiary/aromatic N) is 2. The summed E-state index contributed by atoms with van der Waals surface area (Å²) >= 11 is 0. The van der Waals surface area contributed by atoms with Gasteiger partial charge in [0.25, 0.3) is 11.8 Å². The topological polar surface area (TPSA) is 154 Å². The zero-order valence-corrected chi connectivity index (χ0v) is 22.8. The number of carbonyl (C=O) groups is 2. The van der Waals surface area contributed by atoms with Crippen molar-refractivity contribution in [2.45, 2.75) is 26.0 Å². The molecule has 0 aromatic heterocycles. The highest BCUT2D eigenvalue weighted by atomic mass is 16.5. The van der Waals surface area contributed by atoms with E-state index in [0.717, 1.165) is 0 Å². The molecule has 0 bridgehead atoms. The molecule has 0 radical (unpaired) electrons. The van der Waals surface area contributed by atoms with Crippen LogP contribution in [0.1, 0.15) is 31.0 Å². The number of nitrogens with one attached hydrogen (secondary N) is 4. The van der Waals surface area contributed by atoms with Gasteiger partial charge in [0, 0.05) is 17.8 Å². The fraction of sp³-hybridized carbons (Fsp3) is 0.286. The van der Waals surface area contributed by atoms with Gasteiger partial charge in [-0.25, -0.2) is 0 Å². The molecule has 0 aliphatic rings. The molecule has 0 aliphatic carbocycles. The molecule has 39 heavy (non-hydrogen) atoms. The maximum Gasteiger partial charge on any atom is 0.288 e. The number of rotatable bonds is 14. The number of anilines is 1. The third-order valence-corrected chi connectivity index (χ3v) is 5.30.